The van der Waals surface area contributed by atoms with Gasteiger partial charge in [-0.3, -0.25) is 0 Å². The van der Waals surface area contributed by atoms with Crippen molar-refractivity contribution in [1.29, 1.82) is 0 Å². The van der Waals surface area contributed by atoms with Crippen LogP contribution in [0.15, 0.2) is 9.98 Å². The molecule has 2 rings (SSSR count). The van der Waals surface area contributed by atoms with Crippen molar-refractivity contribution >= 4 is 42.2 Å². The third-order valence-corrected chi connectivity index (χ3v) is 4.16. The van der Waals surface area contributed by atoms with Crippen molar-refractivity contribution in [3.8, 4) is 0 Å². The van der Waals surface area contributed by atoms with E-state index in [-0.39, 0.29) is 0 Å². The first kappa shape index (κ1) is 10.4. The lowest BCUT2D eigenvalue weighted by atomic mass is 10.8. The molecule has 14 heavy (non-hydrogen) atoms. The Hall–Kier alpha value is -0.130. The number of aliphatic imine (C=N–C) groups is 2. The molecule has 0 amide bonds. The van der Waals surface area contributed by atoms with Gasteiger partial charge in [0, 0.05) is 11.5 Å². The van der Waals surface area contributed by atoms with E-state index in [0.717, 1.165) is 24.6 Å². The molecule has 2 heterocycles. The van der Waals surface area contributed by atoms with Crippen LogP contribution in [0.2, 0.25) is 0 Å². The molecule has 0 spiro atoms. The van der Waals surface area contributed by atoms with Crippen molar-refractivity contribution in [2.75, 3.05) is 24.6 Å². The second-order valence-corrected chi connectivity index (χ2v) is 5.45. The molecular formula is C6H9N2O3PS2. The van der Waals surface area contributed by atoms with Crippen molar-refractivity contribution in [1.82, 2.24) is 0 Å². The third kappa shape index (κ3) is 2.93. The lowest BCUT2D eigenvalue weighted by Crippen LogP contribution is -1.94. The first-order chi connectivity index (χ1) is 6.84. The van der Waals surface area contributed by atoms with Gasteiger partial charge >= 0.3 is 8.25 Å². The number of hydrogen-bond donors (Lipinski definition) is 0. The smallest absolute Gasteiger partial charge is 0.393 e. The molecule has 0 atom stereocenters. The van der Waals surface area contributed by atoms with E-state index in [2.05, 4.69) is 9.98 Å². The largest absolute Gasteiger partial charge is 0.422 e. The molecule has 0 aromatic carbocycles. The monoisotopic (exact) mass is 252 g/mol. The molecule has 0 saturated carbocycles. The van der Waals surface area contributed by atoms with E-state index >= 15 is 0 Å². The Kier molecular flexibility index (Phi) is 3.78. The highest BCUT2D eigenvalue weighted by Crippen LogP contribution is 2.32. The van der Waals surface area contributed by atoms with Gasteiger partial charge in [0.1, 0.15) is 0 Å². The van der Waals surface area contributed by atoms with Gasteiger partial charge in [0.2, 0.25) is 0 Å². The van der Waals surface area contributed by atoms with Gasteiger partial charge in [0.05, 0.1) is 13.1 Å². The molecule has 0 saturated heterocycles. The minimum atomic E-state index is -2.51. The predicted molar refractivity (Wildman–Crippen MR) is 60.7 cm³/mol. The number of thioether (sulfide) groups is 2. The van der Waals surface area contributed by atoms with Crippen molar-refractivity contribution in [3.05, 3.63) is 0 Å². The van der Waals surface area contributed by atoms with Crippen LogP contribution in [0, 0.1) is 0 Å². The van der Waals surface area contributed by atoms with Crippen LogP contribution in [0.4, 0.5) is 0 Å². The van der Waals surface area contributed by atoms with Crippen molar-refractivity contribution < 1.29 is 13.6 Å². The van der Waals surface area contributed by atoms with E-state index in [4.69, 9.17) is 9.05 Å². The van der Waals surface area contributed by atoms with E-state index in [9.17, 15) is 4.57 Å². The highest BCUT2D eigenvalue weighted by atomic mass is 32.2. The third-order valence-electron chi connectivity index (χ3n) is 1.46. The van der Waals surface area contributed by atoms with E-state index in [1.807, 2.05) is 0 Å². The standard InChI is InChI=1S/C6H9N2O3PS2/c9-12(10-5-7-1-3-13-5)11-6-8-2-4-14-6/h12H,1-4H2. The van der Waals surface area contributed by atoms with Crippen LogP contribution >= 0.6 is 31.8 Å². The first-order valence-corrected chi connectivity index (χ1v) is 7.28. The highest BCUT2D eigenvalue weighted by Gasteiger charge is 2.16. The van der Waals surface area contributed by atoms with Gasteiger partial charge in [-0.25, -0.2) is 14.5 Å². The number of hydrogen-bond acceptors (Lipinski definition) is 7. The summed E-state index contributed by atoms with van der Waals surface area (Å²) in [5.74, 6) is 1.78. The van der Waals surface area contributed by atoms with E-state index in [1.54, 1.807) is 0 Å². The quantitative estimate of drug-likeness (QED) is 0.699. The summed E-state index contributed by atoms with van der Waals surface area (Å²) in [6.07, 6.45) is 0. The molecule has 78 valence electrons. The Morgan fingerprint density at radius 2 is 1.57 bits per heavy atom. The summed E-state index contributed by atoms with van der Waals surface area (Å²) in [7, 11) is -2.51. The SMILES string of the molecule is O=[PH](OC1=NCCS1)OC1=NCCS1. The molecule has 0 aromatic heterocycles. The average Bonchev–Trinajstić information content (AvgIpc) is 2.76. The minimum Gasteiger partial charge on any atom is -0.393 e. The second-order valence-electron chi connectivity index (χ2n) is 2.45. The van der Waals surface area contributed by atoms with Crippen LogP contribution in [0.3, 0.4) is 0 Å². The summed E-state index contributed by atoms with van der Waals surface area (Å²) in [4.78, 5) is 8.01. The zero-order valence-electron chi connectivity index (χ0n) is 7.26. The summed E-state index contributed by atoms with van der Waals surface area (Å²) in [6.45, 7) is 1.45. The maximum Gasteiger partial charge on any atom is 0.422 e. The predicted octanol–water partition coefficient (Wildman–Crippen LogP) is 1.61. The summed E-state index contributed by atoms with van der Waals surface area (Å²) >= 11 is 2.91. The maximum atomic E-state index is 11.3. The molecule has 0 aromatic rings. The summed E-state index contributed by atoms with van der Waals surface area (Å²) in [5, 5.41) is 0.940. The Morgan fingerprint density at radius 3 is 1.93 bits per heavy atom. The molecule has 0 fully saturated rings. The van der Waals surface area contributed by atoms with E-state index in [0.29, 0.717) is 10.5 Å². The molecule has 8 heteroatoms. The van der Waals surface area contributed by atoms with Gasteiger partial charge in [-0.15, -0.1) is 0 Å². The summed E-state index contributed by atoms with van der Waals surface area (Å²) in [5.41, 5.74) is 0. The average molecular weight is 252 g/mol. The second kappa shape index (κ2) is 5.09. The fraction of sp³-hybridized carbons (Fsp3) is 0.667. The molecule has 2 aliphatic heterocycles. The molecule has 0 N–H and O–H groups in total. The highest BCUT2D eigenvalue weighted by molar-refractivity contribution is 8.14. The van der Waals surface area contributed by atoms with Gasteiger partial charge in [-0.2, -0.15) is 0 Å². The van der Waals surface area contributed by atoms with E-state index < -0.39 is 8.25 Å². The number of nitrogens with zero attached hydrogens (tertiary/aromatic N) is 2. The van der Waals surface area contributed by atoms with Crippen molar-refractivity contribution in [2.24, 2.45) is 9.98 Å². The summed E-state index contributed by atoms with van der Waals surface area (Å²) < 4.78 is 21.3. The normalized spacial score (nSPS) is 20.9. The van der Waals surface area contributed by atoms with Crippen LogP contribution < -0.4 is 0 Å². The topological polar surface area (TPSA) is 60.2 Å². The zero-order valence-corrected chi connectivity index (χ0v) is 9.90. The molecule has 0 unspecified atom stereocenters. The van der Waals surface area contributed by atoms with Crippen LogP contribution in [-0.2, 0) is 13.6 Å². The number of rotatable bonds is 2. The Morgan fingerprint density at radius 1 is 1.07 bits per heavy atom. The molecule has 0 bridgehead atoms. The minimum absolute atomic E-state index is 0.470. The van der Waals surface area contributed by atoms with Gasteiger partial charge in [-0.05, 0) is 0 Å². The first-order valence-electron chi connectivity index (χ1n) is 4.09. The van der Waals surface area contributed by atoms with Crippen molar-refractivity contribution in [3.63, 3.8) is 0 Å². The molecular weight excluding hydrogens is 243 g/mol. The van der Waals surface area contributed by atoms with E-state index in [1.165, 1.54) is 23.5 Å². The lowest BCUT2D eigenvalue weighted by molar-refractivity contribution is 0.416. The fourth-order valence-electron chi connectivity index (χ4n) is 0.918. The van der Waals surface area contributed by atoms with Crippen molar-refractivity contribution in [2.45, 2.75) is 0 Å². The molecule has 5 nitrogen and oxygen atoms in total. The zero-order chi connectivity index (χ0) is 9.80. The maximum absolute atomic E-state index is 11.3. The van der Waals surface area contributed by atoms with Gasteiger partial charge in [0.15, 0.2) is 0 Å². The van der Waals surface area contributed by atoms with Crippen LogP contribution in [-0.4, -0.2) is 35.1 Å². The van der Waals surface area contributed by atoms with Gasteiger partial charge in [-0.1, -0.05) is 23.5 Å². The van der Waals surface area contributed by atoms with Crippen LogP contribution in [0.1, 0.15) is 0 Å². The van der Waals surface area contributed by atoms with Gasteiger partial charge in [0.25, 0.3) is 10.5 Å². The lowest BCUT2D eigenvalue weighted by Gasteiger charge is -2.05. The Bertz CT molecular complexity index is 279. The van der Waals surface area contributed by atoms with Crippen LogP contribution in [0.5, 0.6) is 0 Å². The molecule has 2 aliphatic rings. The molecule has 0 radical (unpaired) electrons. The van der Waals surface area contributed by atoms with Gasteiger partial charge < -0.3 is 9.05 Å². The Balaban J connectivity index is 1.78. The fourth-order valence-corrected chi connectivity index (χ4v) is 3.33. The molecule has 0 aliphatic carbocycles. The van der Waals surface area contributed by atoms with Crippen LogP contribution in [0.25, 0.3) is 0 Å². The summed E-state index contributed by atoms with van der Waals surface area (Å²) in [6, 6.07) is 0. The Labute approximate surface area is 90.7 Å².